The minimum atomic E-state index is -1.17. The summed E-state index contributed by atoms with van der Waals surface area (Å²) in [5.74, 6) is -0.754. The summed E-state index contributed by atoms with van der Waals surface area (Å²) in [5, 5.41) is 18.2. The molecule has 0 radical (unpaired) electrons. The van der Waals surface area contributed by atoms with Crippen LogP contribution in [0.15, 0.2) is 0 Å². The van der Waals surface area contributed by atoms with Gasteiger partial charge in [-0.05, 0) is 18.6 Å². The predicted octanol–water partition coefficient (Wildman–Crippen LogP) is -0.401. The van der Waals surface area contributed by atoms with E-state index in [9.17, 15) is 14.7 Å². The van der Waals surface area contributed by atoms with Gasteiger partial charge in [-0.3, -0.25) is 4.79 Å². The molecule has 0 saturated carbocycles. The zero-order valence-corrected chi connectivity index (χ0v) is 9.35. The molecule has 3 unspecified atom stereocenters. The lowest BCUT2D eigenvalue weighted by molar-refractivity contribution is -0.152. The van der Waals surface area contributed by atoms with Gasteiger partial charge in [0, 0.05) is 13.0 Å². The molecule has 1 aliphatic rings. The minimum Gasteiger partial charge on any atom is -0.480 e. The predicted molar refractivity (Wildman–Crippen MR) is 56.8 cm³/mol. The Bertz CT molecular complexity index is 269. The summed E-state index contributed by atoms with van der Waals surface area (Å²) in [5.41, 5.74) is 0. The van der Waals surface area contributed by atoms with E-state index < -0.39 is 18.1 Å². The van der Waals surface area contributed by atoms with Crippen molar-refractivity contribution in [2.24, 2.45) is 5.92 Å². The van der Waals surface area contributed by atoms with E-state index in [2.05, 4.69) is 12.6 Å². The maximum Gasteiger partial charge on any atom is 0.329 e. The maximum absolute atomic E-state index is 11.5. The van der Waals surface area contributed by atoms with E-state index >= 15 is 0 Å². The van der Waals surface area contributed by atoms with Crippen molar-refractivity contribution in [1.29, 1.82) is 0 Å². The van der Waals surface area contributed by atoms with Gasteiger partial charge in [-0.2, -0.15) is 12.6 Å². The first-order valence-electron chi connectivity index (χ1n) is 4.78. The molecule has 0 aliphatic carbocycles. The number of carbonyl (C=O) groups is 2. The van der Waals surface area contributed by atoms with Crippen LogP contribution < -0.4 is 0 Å². The average Bonchev–Trinajstić information content (AvgIpc) is 2.46. The number of thiol groups is 1. The molecule has 0 bridgehead atoms. The lowest BCUT2D eigenvalue weighted by atomic mass is 10.1. The van der Waals surface area contributed by atoms with Crippen molar-refractivity contribution < 1.29 is 19.8 Å². The fourth-order valence-electron chi connectivity index (χ4n) is 1.80. The molecule has 2 N–H and O–H groups in total. The number of aliphatic hydroxyl groups is 1. The number of carboxylic acid groups (broad SMARTS) is 1. The number of rotatable bonds is 4. The second-order valence-electron chi connectivity index (χ2n) is 3.82. The van der Waals surface area contributed by atoms with Crippen LogP contribution in [0.3, 0.4) is 0 Å². The summed E-state index contributed by atoms with van der Waals surface area (Å²) in [7, 11) is 0. The number of aliphatic hydroxyl groups excluding tert-OH is 1. The topological polar surface area (TPSA) is 77.8 Å². The molecule has 1 rings (SSSR count). The average molecular weight is 233 g/mol. The van der Waals surface area contributed by atoms with E-state index in [4.69, 9.17) is 5.11 Å². The second-order valence-corrected chi connectivity index (χ2v) is 4.19. The van der Waals surface area contributed by atoms with Crippen molar-refractivity contribution >= 4 is 24.5 Å². The van der Waals surface area contributed by atoms with Crippen LogP contribution in [0, 0.1) is 5.92 Å². The Hall–Kier alpha value is -0.750. The Labute approximate surface area is 93.5 Å². The van der Waals surface area contributed by atoms with Gasteiger partial charge in [0.05, 0.1) is 6.10 Å². The van der Waals surface area contributed by atoms with Gasteiger partial charge < -0.3 is 15.1 Å². The maximum atomic E-state index is 11.5. The van der Waals surface area contributed by atoms with E-state index in [1.807, 2.05) is 0 Å². The monoisotopic (exact) mass is 233 g/mol. The fraction of sp³-hybridized carbons (Fsp3) is 0.778. The van der Waals surface area contributed by atoms with Gasteiger partial charge in [0.1, 0.15) is 0 Å². The highest BCUT2D eigenvalue weighted by Crippen LogP contribution is 2.22. The van der Waals surface area contributed by atoms with Gasteiger partial charge in [-0.25, -0.2) is 4.79 Å². The zero-order valence-electron chi connectivity index (χ0n) is 8.46. The molecule has 15 heavy (non-hydrogen) atoms. The number of carbonyl (C=O) groups excluding carboxylic acids is 1. The highest BCUT2D eigenvalue weighted by atomic mass is 32.1. The molecule has 0 aromatic heterocycles. The number of hydrogen-bond donors (Lipinski definition) is 3. The van der Waals surface area contributed by atoms with Crippen LogP contribution in [0.25, 0.3) is 0 Å². The molecule has 1 heterocycles. The Morgan fingerprint density at radius 2 is 2.33 bits per heavy atom. The Balaban J connectivity index is 2.77. The Morgan fingerprint density at radius 3 is 2.67 bits per heavy atom. The standard InChI is InChI=1S/C9H15NO4S/c1-5(11)8(9(13)14)10-3-6(4-15)2-7(10)12/h5-6,8,11,15H,2-4H2,1H3,(H,13,14). The molecule has 0 spiro atoms. The van der Waals surface area contributed by atoms with E-state index in [0.717, 1.165) is 0 Å². The highest BCUT2D eigenvalue weighted by Gasteiger charge is 2.39. The summed E-state index contributed by atoms with van der Waals surface area (Å²) in [6.07, 6.45) is -0.745. The van der Waals surface area contributed by atoms with Gasteiger partial charge in [0.2, 0.25) is 5.91 Å². The first-order chi connectivity index (χ1) is 6.97. The second kappa shape index (κ2) is 4.85. The van der Waals surface area contributed by atoms with Gasteiger partial charge in [-0.15, -0.1) is 0 Å². The third kappa shape index (κ3) is 2.63. The van der Waals surface area contributed by atoms with Crippen LogP contribution >= 0.6 is 12.6 Å². The molecule has 1 aliphatic heterocycles. The molecular weight excluding hydrogens is 218 g/mol. The smallest absolute Gasteiger partial charge is 0.329 e. The highest BCUT2D eigenvalue weighted by molar-refractivity contribution is 7.80. The Kier molecular flexibility index (Phi) is 3.98. The number of amides is 1. The Morgan fingerprint density at radius 1 is 1.73 bits per heavy atom. The van der Waals surface area contributed by atoms with Crippen molar-refractivity contribution in [3.8, 4) is 0 Å². The number of carboxylic acids is 1. The molecular formula is C9H15NO4S. The molecule has 3 atom stereocenters. The van der Waals surface area contributed by atoms with Gasteiger partial charge in [0.25, 0.3) is 0 Å². The van der Waals surface area contributed by atoms with Crippen LogP contribution in [0.2, 0.25) is 0 Å². The van der Waals surface area contributed by atoms with Crippen LogP contribution in [-0.2, 0) is 9.59 Å². The summed E-state index contributed by atoms with van der Waals surface area (Å²) in [6, 6.07) is -1.14. The number of nitrogens with zero attached hydrogens (tertiary/aromatic N) is 1. The van der Waals surface area contributed by atoms with Crippen LogP contribution in [0.1, 0.15) is 13.3 Å². The third-order valence-corrected chi connectivity index (χ3v) is 3.06. The lowest BCUT2D eigenvalue weighted by Gasteiger charge is -2.26. The summed E-state index contributed by atoms with van der Waals surface area (Å²) in [4.78, 5) is 23.6. The van der Waals surface area contributed by atoms with E-state index in [1.54, 1.807) is 0 Å². The first kappa shape index (κ1) is 12.3. The molecule has 1 amide bonds. The molecule has 5 nitrogen and oxygen atoms in total. The van der Waals surface area contributed by atoms with E-state index in [1.165, 1.54) is 11.8 Å². The zero-order chi connectivity index (χ0) is 11.6. The van der Waals surface area contributed by atoms with Crippen molar-refractivity contribution in [1.82, 2.24) is 4.90 Å². The minimum absolute atomic E-state index is 0.0847. The SMILES string of the molecule is CC(O)C(C(=O)O)N1CC(CS)CC1=O. The lowest BCUT2D eigenvalue weighted by Crippen LogP contribution is -2.48. The summed E-state index contributed by atoms with van der Waals surface area (Å²) < 4.78 is 0. The van der Waals surface area contributed by atoms with Crippen LogP contribution in [-0.4, -0.2) is 51.4 Å². The van der Waals surface area contributed by atoms with Crippen LogP contribution in [0.4, 0.5) is 0 Å². The van der Waals surface area contributed by atoms with Gasteiger partial charge in [0.15, 0.2) is 6.04 Å². The van der Waals surface area contributed by atoms with Crippen molar-refractivity contribution in [2.75, 3.05) is 12.3 Å². The summed E-state index contributed by atoms with van der Waals surface area (Å²) in [6.45, 7) is 1.74. The number of hydrogen-bond acceptors (Lipinski definition) is 4. The van der Waals surface area contributed by atoms with Gasteiger partial charge in [-0.1, -0.05) is 0 Å². The molecule has 1 saturated heterocycles. The van der Waals surface area contributed by atoms with Crippen LogP contribution in [0.5, 0.6) is 0 Å². The molecule has 1 fully saturated rings. The molecule has 0 aromatic rings. The fourth-order valence-corrected chi connectivity index (χ4v) is 2.04. The summed E-state index contributed by atoms with van der Waals surface area (Å²) >= 11 is 4.08. The van der Waals surface area contributed by atoms with Crippen molar-refractivity contribution in [2.45, 2.75) is 25.5 Å². The normalized spacial score (nSPS) is 25.4. The van der Waals surface area contributed by atoms with Gasteiger partial charge >= 0.3 is 5.97 Å². The molecule has 6 heteroatoms. The van der Waals surface area contributed by atoms with E-state index in [0.29, 0.717) is 18.7 Å². The van der Waals surface area contributed by atoms with E-state index in [-0.39, 0.29) is 11.8 Å². The quantitative estimate of drug-likeness (QED) is 0.577. The molecule has 86 valence electrons. The van der Waals surface area contributed by atoms with Crippen molar-refractivity contribution in [3.63, 3.8) is 0 Å². The number of aliphatic carboxylic acids is 1. The third-order valence-electron chi connectivity index (χ3n) is 2.54. The van der Waals surface area contributed by atoms with Crippen molar-refractivity contribution in [3.05, 3.63) is 0 Å². The largest absolute Gasteiger partial charge is 0.480 e. The number of likely N-dealkylation sites (tertiary alicyclic amines) is 1. The first-order valence-corrected chi connectivity index (χ1v) is 5.41. The molecule has 0 aromatic carbocycles.